The Hall–Kier alpha value is -2.33. The van der Waals surface area contributed by atoms with E-state index in [0.29, 0.717) is 23.1 Å². The van der Waals surface area contributed by atoms with Crippen LogP contribution in [0.4, 0.5) is 9.93 Å². The number of likely N-dealkylation sites (N-methyl/N-ethyl adjacent to an activating group) is 1. The molecule has 2 heterocycles. The second-order valence-electron chi connectivity index (χ2n) is 7.53. The van der Waals surface area contributed by atoms with E-state index < -0.39 is 12.2 Å². The van der Waals surface area contributed by atoms with Gasteiger partial charge in [-0.3, -0.25) is 0 Å². The van der Waals surface area contributed by atoms with Crippen LogP contribution in [0, 0.1) is 0 Å². The van der Waals surface area contributed by atoms with Crippen LogP contribution in [0.5, 0.6) is 5.75 Å². The highest BCUT2D eigenvalue weighted by Gasteiger charge is 2.41. The standard InChI is InChI=1S/C22H30N4O4S2/c1-4-6-8-14-31-21-24-23-20(32-21)26-18(15-25(3)22(26)28)30-19(27)16-9-11-17(12-10-16)29-13-7-5-2/h9-12,18H,4-8,13-15H2,1-3H3. The van der Waals surface area contributed by atoms with Crippen molar-refractivity contribution in [2.24, 2.45) is 0 Å². The summed E-state index contributed by atoms with van der Waals surface area (Å²) in [4.78, 5) is 28.3. The van der Waals surface area contributed by atoms with Gasteiger partial charge in [0.15, 0.2) is 4.34 Å². The first-order valence-corrected chi connectivity index (χ1v) is 12.8. The molecule has 10 heteroatoms. The predicted octanol–water partition coefficient (Wildman–Crippen LogP) is 5.05. The van der Waals surface area contributed by atoms with Crippen molar-refractivity contribution in [3.8, 4) is 5.75 Å². The normalized spacial score (nSPS) is 16.0. The molecule has 1 fully saturated rings. The Balaban J connectivity index is 1.63. The molecule has 8 nitrogen and oxygen atoms in total. The van der Waals surface area contributed by atoms with Gasteiger partial charge in [-0.2, -0.15) is 0 Å². The van der Waals surface area contributed by atoms with Crippen molar-refractivity contribution in [3.05, 3.63) is 29.8 Å². The average Bonchev–Trinajstić information content (AvgIpc) is 3.36. The third kappa shape index (κ3) is 6.35. The van der Waals surface area contributed by atoms with Crippen LogP contribution in [-0.2, 0) is 4.74 Å². The first-order chi connectivity index (χ1) is 15.5. The lowest BCUT2D eigenvalue weighted by Crippen LogP contribution is -2.37. The van der Waals surface area contributed by atoms with Gasteiger partial charge in [-0.25, -0.2) is 14.5 Å². The van der Waals surface area contributed by atoms with E-state index in [0.717, 1.165) is 35.8 Å². The third-order valence-corrected chi connectivity index (χ3v) is 7.07. The number of ether oxygens (including phenoxy) is 2. The Labute approximate surface area is 197 Å². The number of hydrogen-bond donors (Lipinski definition) is 0. The Morgan fingerprint density at radius 2 is 1.91 bits per heavy atom. The smallest absolute Gasteiger partial charge is 0.340 e. The van der Waals surface area contributed by atoms with E-state index >= 15 is 0 Å². The minimum Gasteiger partial charge on any atom is -0.494 e. The van der Waals surface area contributed by atoms with Crippen molar-refractivity contribution >= 4 is 40.2 Å². The average molecular weight is 479 g/mol. The second-order valence-corrected chi connectivity index (χ2v) is 9.82. The molecule has 2 amide bonds. The van der Waals surface area contributed by atoms with Gasteiger partial charge >= 0.3 is 12.0 Å². The van der Waals surface area contributed by atoms with Crippen LogP contribution < -0.4 is 9.64 Å². The molecule has 2 aromatic rings. The van der Waals surface area contributed by atoms with Gasteiger partial charge in [-0.1, -0.05) is 56.2 Å². The lowest BCUT2D eigenvalue weighted by Gasteiger charge is -2.19. The molecule has 1 aromatic carbocycles. The number of rotatable bonds is 12. The lowest BCUT2D eigenvalue weighted by molar-refractivity contribution is 0.0331. The summed E-state index contributed by atoms with van der Waals surface area (Å²) in [6, 6.07) is 6.58. The Morgan fingerprint density at radius 3 is 2.62 bits per heavy atom. The molecule has 3 rings (SSSR count). The number of urea groups is 1. The topological polar surface area (TPSA) is 84.9 Å². The van der Waals surface area contributed by atoms with Crippen LogP contribution in [0.15, 0.2) is 28.6 Å². The number of unbranched alkanes of at least 4 members (excludes halogenated alkanes) is 3. The van der Waals surface area contributed by atoms with Crippen LogP contribution >= 0.6 is 23.1 Å². The summed E-state index contributed by atoms with van der Waals surface area (Å²) in [7, 11) is 1.67. The molecule has 0 bridgehead atoms. The predicted molar refractivity (Wildman–Crippen MR) is 127 cm³/mol. The number of benzene rings is 1. The molecule has 1 aliphatic heterocycles. The quantitative estimate of drug-likeness (QED) is 0.183. The maximum Gasteiger partial charge on any atom is 0.340 e. The van der Waals surface area contributed by atoms with Crippen LogP contribution in [0.25, 0.3) is 0 Å². The van der Waals surface area contributed by atoms with E-state index in [1.165, 1.54) is 27.6 Å². The number of thioether (sulfide) groups is 1. The molecule has 1 unspecified atom stereocenters. The van der Waals surface area contributed by atoms with Crippen molar-refractivity contribution in [3.63, 3.8) is 0 Å². The molecule has 32 heavy (non-hydrogen) atoms. The van der Waals surface area contributed by atoms with Crippen molar-refractivity contribution in [2.75, 3.05) is 30.9 Å². The molecule has 0 N–H and O–H groups in total. The van der Waals surface area contributed by atoms with E-state index in [1.807, 2.05) is 0 Å². The molecule has 1 aliphatic rings. The zero-order chi connectivity index (χ0) is 22.9. The molecule has 0 saturated carbocycles. The molecule has 0 aliphatic carbocycles. The van der Waals surface area contributed by atoms with Crippen LogP contribution in [-0.4, -0.2) is 59.3 Å². The van der Waals surface area contributed by atoms with Crippen molar-refractivity contribution < 1.29 is 19.1 Å². The summed E-state index contributed by atoms with van der Waals surface area (Å²) < 4.78 is 12.1. The fourth-order valence-electron chi connectivity index (χ4n) is 3.08. The molecule has 1 aromatic heterocycles. The first-order valence-electron chi connectivity index (χ1n) is 11.0. The number of nitrogens with zero attached hydrogens (tertiary/aromatic N) is 4. The monoisotopic (exact) mass is 478 g/mol. The fourth-order valence-corrected chi connectivity index (χ4v) is 5.02. The van der Waals surface area contributed by atoms with Gasteiger partial charge in [-0.15, -0.1) is 10.2 Å². The molecule has 0 radical (unpaired) electrons. The van der Waals surface area contributed by atoms with Gasteiger partial charge in [0.25, 0.3) is 0 Å². The molecule has 174 valence electrons. The molecular formula is C22H30N4O4S2. The molecule has 1 atom stereocenters. The van der Waals surface area contributed by atoms with Gasteiger partial charge in [0, 0.05) is 12.8 Å². The van der Waals surface area contributed by atoms with E-state index in [-0.39, 0.29) is 12.6 Å². The number of esters is 1. The number of anilines is 1. The maximum absolute atomic E-state index is 12.7. The van der Waals surface area contributed by atoms with Crippen molar-refractivity contribution in [2.45, 2.75) is 56.5 Å². The molecule has 0 spiro atoms. The largest absolute Gasteiger partial charge is 0.494 e. The number of amides is 2. The van der Waals surface area contributed by atoms with Gasteiger partial charge in [0.2, 0.25) is 11.4 Å². The zero-order valence-corrected chi connectivity index (χ0v) is 20.4. The van der Waals surface area contributed by atoms with Gasteiger partial charge in [0.05, 0.1) is 18.7 Å². The second kappa shape index (κ2) is 12.1. The molecule has 1 saturated heterocycles. The zero-order valence-electron chi connectivity index (χ0n) is 18.8. The van der Waals surface area contributed by atoms with Crippen molar-refractivity contribution in [1.29, 1.82) is 0 Å². The van der Waals surface area contributed by atoms with Gasteiger partial charge < -0.3 is 14.4 Å². The Morgan fingerprint density at radius 1 is 1.16 bits per heavy atom. The van der Waals surface area contributed by atoms with Crippen molar-refractivity contribution in [1.82, 2.24) is 15.1 Å². The van der Waals surface area contributed by atoms with Crippen LogP contribution in [0.2, 0.25) is 0 Å². The van der Waals surface area contributed by atoms with E-state index in [4.69, 9.17) is 9.47 Å². The minimum absolute atomic E-state index is 0.263. The Kier molecular flexibility index (Phi) is 9.16. The summed E-state index contributed by atoms with van der Waals surface area (Å²) >= 11 is 2.98. The number of aromatic nitrogens is 2. The third-order valence-electron chi connectivity index (χ3n) is 4.93. The Bertz CT molecular complexity index is 890. The number of carbonyl (C=O) groups excluding carboxylic acids is 2. The summed E-state index contributed by atoms with van der Waals surface area (Å²) in [6.45, 7) is 5.18. The highest BCUT2D eigenvalue weighted by molar-refractivity contribution is 8.01. The van der Waals surface area contributed by atoms with Gasteiger partial charge in [0.1, 0.15) is 5.75 Å². The van der Waals surface area contributed by atoms with Crippen LogP contribution in [0.1, 0.15) is 56.3 Å². The highest BCUT2D eigenvalue weighted by atomic mass is 32.2. The first kappa shape index (κ1) is 24.3. The number of hydrogen-bond acceptors (Lipinski definition) is 8. The summed E-state index contributed by atoms with van der Waals surface area (Å²) in [5.41, 5.74) is 0.402. The molecular weight excluding hydrogens is 448 g/mol. The van der Waals surface area contributed by atoms with Crippen LogP contribution in [0.3, 0.4) is 0 Å². The SMILES string of the molecule is CCCCCSc1nnc(N2C(=O)N(C)CC2OC(=O)c2ccc(OCCCC)cc2)s1. The lowest BCUT2D eigenvalue weighted by atomic mass is 10.2. The summed E-state index contributed by atoms with van der Waals surface area (Å²) in [5, 5.41) is 8.81. The van der Waals surface area contributed by atoms with E-state index in [1.54, 1.807) is 43.1 Å². The van der Waals surface area contributed by atoms with E-state index in [2.05, 4.69) is 24.0 Å². The van der Waals surface area contributed by atoms with E-state index in [9.17, 15) is 9.59 Å². The summed E-state index contributed by atoms with van der Waals surface area (Å²) in [6.07, 6.45) is 4.74. The number of carbonyl (C=O) groups is 2. The fraction of sp³-hybridized carbons (Fsp3) is 0.545. The maximum atomic E-state index is 12.7. The van der Waals surface area contributed by atoms with Gasteiger partial charge in [-0.05, 0) is 37.1 Å². The summed E-state index contributed by atoms with van der Waals surface area (Å²) in [5.74, 6) is 1.18. The highest BCUT2D eigenvalue weighted by Crippen LogP contribution is 2.33. The minimum atomic E-state index is -0.758.